The summed E-state index contributed by atoms with van der Waals surface area (Å²) in [7, 11) is -0.364. The van der Waals surface area contributed by atoms with Crippen LogP contribution >= 0.6 is 0 Å². The zero-order valence-corrected chi connectivity index (χ0v) is 14.9. The van der Waals surface area contributed by atoms with Crippen LogP contribution in [-0.4, -0.2) is 42.6 Å². The summed E-state index contributed by atoms with van der Waals surface area (Å²) < 4.78 is 36.1. The molecule has 0 aliphatic heterocycles. The van der Waals surface area contributed by atoms with E-state index in [4.69, 9.17) is 14.3 Å². The maximum atomic E-state index is 12.9. The molecule has 0 aliphatic carbocycles. The highest BCUT2D eigenvalue weighted by Gasteiger charge is 2.16. The maximum Gasteiger partial charge on any atom is 0.337 e. The van der Waals surface area contributed by atoms with Gasteiger partial charge < -0.3 is 14.2 Å². The summed E-state index contributed by atoms with van der Waals surface area (Å²) in [6.45, 7) is 1.21. The molecule has 2 aromatic rings. The van der Waals surface area contributed by atoms with E-state index in [1.165, 1.54) is 37.6 Å². The van der Waals surface area contributed by atoms with Gasteiger partial charge >= 0.3 is 5.97 Å². The van der Waals surface area contributed by atoms with E-state index in [1.807, 2.05) is 0 Å². The number of nitrogens with zero attached hydrogens (tertiary/aromatic N) is 1. The van der Waals surface area contributed by atoms with Crippen molar-refractivity contribution in [3.8, 4) is 0 Å². The molecule has 2 rings (SSSR count). The minimum atomic E-state index is -3.24. The Morgan fingerprint density at radius 1 is 1.12 bits per heavy atom. The lowest BCUT2D eigenvalue weighted by atomic mass is 10.2. The summed E-state index contributed by atoms with van der Waals surface area (Å²) in [6, 6.07) is 7.59. The van der Waals surface area contributed by atoms with E-state index >= 15 is 0 Å². The third kappa shape index (κ3) is 4.85. The van der Waals surface area contributed by atoms with Crippen molar-refractivity contribution in [1.82, 2.24) is 4.98 Å². The standard InChI is InChI=1S/C17H20N2O5S/c1-22-7-8-24-12-13-9-16(11-19-10-13)25(18,21)15-5-3-14(4-6-15)17(20)23-2/h3-6,9-11,18H,7-8,12H2,1-2H3. The van der Waals surface area contributed by atoms with E-state index < -0.39 is 15.7 Å². The molecule has 0 saturated heterocycles. The Kier molecular flexibility index (Phi) is 6.63. The van der Waals surface area contributed by atoms with E-state index in [1.54, 1.807) is 19.4 Å². The van der Waals surface area contributed by atoms with Gasteiger partial charge in [-0.3, -0.25) is 4.98 Å². The highest BCUT2D eigenvalue weighted by molar-refractivity contribution is 7.92. The maximum absolute atomic E-state index is 12.9. The normalized spacial score (nSPS) is 13.2. The number of carbonyl (C=O) groups excluding carboxylic acids is 1. The fourth-order valence-corrected chi connectivity index (χ4v) is 3.39. The van der Waals surface area contributed by atoms with Gasteiger partial charge in [0.1, 0.15) is 9.73 Å². The van der Waals surface area contributed by atoms with E-state index in [9.17, 15) is 9.00 Å². The summed E-state index contributed by atoms with van der Waals surface area (Å²) >= 11 is 0. The van der Waals surface area contributed by atoms with Crippen molar-refractivity contribution in [2.75, 3.05) is 27.4 Å². The van der Waals surface area contributed by atoms with Gasteiger partial charge in [0, 0.05) is 19.5 Å². The first-order valence-corrected chi connectivity index (χ1v) is 9.02. The number of aromatic nitrogens is 1. The molecule has 1 aromatic carbocycles. The van der Waals surface area contributed by atoms with Gasteiger partial charge in [-0.1, -0.05) is 0 Å². The molecule has 134 valence electrons. The number of hydrogen-bond acceptors (Lipinski definition) is 7. The van der Waals surface area contributed by atoms with Crippen molar-refractivity contribution in [2.45, 2.75) is 16.4 Å². The van der Waals surface area contributed by atoms with Gasteiger partial charge in [0.25, 0.3) is 0 Å². The number of hydrogen-bond donors (Lipinski definition) is 1. The topological polar surface area (TPSA) is 98.6 Å². The summed E-state index contributed by atoms with van der Waals surface area (Å²) in [5.41, 5.74) is 1.06. The molecule has 8 heteroatoms. The largest absolute Gasteiger partial charge is 0.465 e. The van der Waals surface area contributed by atoms with Crippen molar-refractivity contribution in [2.24, 2.45) is 0 Å². The van der Waals surface area contributed by atoms with Gasteiger partial charge in [-0.2, -0.15) is 0 Å². The second-order valence-corrected chi connectivity index (χ2v) is 7.20. The highest BCUT2D eigenvalue weighted by Crippen LogP contribution is 2.22. The molecule has 0 spiro atoms. The number of esters is 1. The summed E-state index contributed by atoms with van der Waals surface area (Å²) in [6.07, 6.45) is 3.01. The number of ether oxygens (including phenoxy) is 3. The molecule has 0 radical (unpaired) electrons. The summed E-state index contributed by atoms with van der Waals surface area (Å²) in [4.78, 5) is 16.1. The fraction of sp³-hybridized carbons (Fsp3) is 0.294. The van der Waals surface area contributed by atoms with Crippen molar-refractivity contribution >= 4 is 15.7 Å². The molecule has 0 bridgehead atoms. The van der Waals surface area contributed by atoms with Crippen LogP contribution < -0.4 is 0 Å². The summed E-state index contributed by atoms with van der Waals surface area (Å²) in [5, 5.41) is 0. The smallest absolute Gasteiger partial charge is 0.337 e. The van der Waals surface area contributed by atoms with Crippen LogP contribution in [0.3, 0.4) is 0 Å². The van der Waals surface area contributed by atoms with Crippen LogP contribution in [-0.2, 0) is 30.5 Å². The Labute approximate surface area is 146 Å². The third-order valence-corrected chi connectivity index (χ3v) is 5.23. The lowest BCUT2D eigenvalue weighted by Crippen LogP contribution is -2.05. The van der Waals surface area contributed by atoms with Crippen LogP contribution in [0.15, 0.2) is 52.5 Å². The Hall–Kier alpha value is -2.29. The Bertz CT molecular complexity index is 819. The third-order valence-electron chi connectivity index (χ3n) is 3.41. The number of nitrogens with one attached hydrogen (secondary N) is 1. The molecule has 7 nitrogen and oxygen atoms in total. The van der Waals surface area contributed by atoms with E-state index in [2.05, 4.69) is 9.72 Å². The molecule has 0 aliphatic rings. The monoisotopic (exact) mass is 364 g/mol. The number of methoxy groups -OCH3 is 2. The van der Waals surface area contributed by atoms with Gasteiger partial charge in [0.05, 0.1) is 42.3 Å². The fourth-order valence-electron chi connectivity index (χ4n) is 2.07. The first kappa shape index (κ1) is 19.0. The van der Waals surface area contributed by atoms with Crippen molar-refractivity contribution in [3.05, 3.63) is 53.9 Å². The van der Waals surface area contributed by atoms with Gasteiger partial charge in [0.2, 0.25) is 0 Å². The molecule has 0 amide bonds. The predicted molar refractivity (Wildman–Crippen MR) is 90.9 cm³/mol. The number of pyridine rings is 1. The average Bonchev–Trinajstić information content (AvgIpc) is 2.65. The van der Waals surface area contributed by atoms with Crippen LogP contribution in [0.25, 0.3) is 0 Å². The van der Waals surface area contributed by atoms with E-state index in [-0.39, 0.29) is 4.90 Å². The van der Waals surface area contributed by atoms with E-state index in [0.29, 0.717) is 30.3 Å². The van der Waals surface area contributed by atoms with E-state index in [0.717, 1.165) is 5.56 Å². The summed E-state index contributed by atoms with van der Waals surface area (Å²) in [5.74, 6) is -0.486. The second kappa shape index (κ2) is 8.70. The first-order valence-electron chi connectivity index (χ1n) is 7.47. The zero-order chi connectivity index (χ0) is 18.3. The molecule has 1 unspecified atom stereocenters. The van der Waals surface area contributed by atoms with Crippen molar-refractivity contribution in [1.29, 1.82) is 4.78 Å². The number of benzene rings is 1. The second-order valence-electron chi connectivity index (χ2n) is 5.15. The minimum absolute atomic E-state index is 0.283. The van der Waals surface area contributed by atoms with Crippen LogP contribution in [0.1, 0.15) is 15.9 Å². The number of rotatable bonds is 8. The van der Waals surface area contributed by atoms with Gasteiger partial charge in [-0.05, 0) is 35.9 Å². The zero-order valence-electron chi connectivity index (χ0n) is 14.1. The lowest BCUT2D eigenvalue weighted by Gasteiger charge is -2.10. The SMILES string of the molecule is COCCOCc1cncc(S(=N)(=O)c2ccc(C(=O)OC)cc2)c1. The lowest BCUT2D eigenvalue weighted by molar-refractivity contribution is 0.0600. The molecular weight excluding hydrogens is 344 g/mol. The van der Waals surface area contributed by atoms with Crippen LogP contribution in [0.4, 0.5) is 0 Å². The number of carbonyl (C=O) groups is 1. The van der Waals surface area contributed by atoms with Crippen LogP contribution in [0, 0.1) is 4.78 Å². The van der Waals surface area contributed by atoms with Gasteiger partial charge in [0.15, 0.2) is 0 Å². The van der Waals surface area contributed by atoms with Crippen molar-refractivity contribution < 1.29 is 23.2 Å². The Morgan fingerprint density at radius 3 is 2.48 bits per heavy atom. The van der Waals surface area contributed by atoms with Gasteiger partial charge in [-0.15, -0.1) is 0 Å². The molecular formula is C17H20N2O5S. The molecule has 1 atom stereocenters. The van der Waals surface area contributed by atoms with Crippen LogP contribution in [0.2, 0.25) is 0 Å². The molecule has 1 heterocycles. The molecule has 0 saturated carbocycles. The van der Waals surface area contributed by atoms with Crippen LogP contribution in [0.5, 0.6) is 0 Å². The van der Waals surface area contributed by atoms with Gasteiger partial charge in [-0.25, -0.2) is 13.8 Å². The molecule has 25 heavy (non-hydrogen) atoms. The Morgan fingerprint density at radius 2 is 1.84 bits per heavy atom. The predicted octanol–water partition coefficient (Wildman–Crippen LogP) is 2.50. The average molecular weight is 364 g/mol. The molecule has 0 fully saturated rings. The molecule has 1 N–H and O–H groups in total. The minimum Gasteiger partial charge on any atom is -0.465 e. The quantitative estimate of drug-likeness (QED) is 0.571. The highest BCUT2D eigenvalue weighted by atomic mass is 32.2. The Balaban J connectivity index is 2.20. The first-order chi connectivity index (χ1) is 12.0. The van der Waals surface area contributed by atoms with Crippen molar-refractivity contribution in [3.63, 3.8) is 0 Å². The molecule has 1 aromatic heterocycles.